The van der Waals surface area contributed by atoms with E-state index in [1.165, 1.54) is 0 Å². The third-order valence-corrected chi connectivity index (χ3v) is 3.85. The number of carbonyl (C=O) groups is 1. The van der Waals surface area contributed by atoms with Crippen LogP contribution >= 0.6 is 0 Å². The van der Waals surface area contributed by atoms with Crippen molar-refractivity contribution in [1.82, 2.24) is 10.4 Å². The van der Waals surface area contributed by atoms with Gasteiger partial charge in [0.15, 0.2) is 0 Å². The fourth-order valence-electron chi connectivity index (χ4n) is 2.40. The van der Waals surface area contributed by atoms with Crippen LogP contribution in [0.3, 0.4) is 0 Å². The van der Waals surface area contributed by atoms with Crippen molar-refractivity contribution in [3.8, 4) is 11.8 Å². The van der Waals surface area contributed by atoms with Gasteiger partial charge in [-0.15, -0.1) is 0 Å². The van der Waals surface area contributed by atoms with Crippen molar-refractivity contribution in [1.29, 1.82) is 0 Å². The van der Waals surface area contributed by atoms with Gasteiger partial charge >= 0.3 is 0 Å². The lowest BCUT2D eigenvalue weighted by Gasteiger charge is -2.18. The number of hydrogen-bond donors (Lipinski definition) is 1. The zero-order chi connectivity index (χ0) is 16.2. The molecule has 2 aromatic rings. The first-order chi connectivity index (χ1) is 11.1. The molecule has 0 aliphatic carbocycles. The third kappa shape index (κ3) is 3.58. The molecule has 2 heterocycles. The van der Waals surface area contributed by atoms with E-state index < -0.39 is 0 Å². The van der Waals surface area contributed by atoms with Crippen LogP contribution in [0.1, 0.15) is 31.4 Å². The summed E-state index contributed by atoms with van der Waals surface area (Å²) < 4.78 is 0. The highest BCUT2D eigenvalue weighted by Crippen LogP contribution is 2.20. The molecule has 1 aliphatic rings. The maximum Gasteiger partial charge on any atom is 0.244 e. The van der Waals surface area contributed by atoms with Gasteiger partial charge in [-0.1, -0.05) is 43.9 Å². The number of aromatic nitrogens is 1. The number of rotatable bonds is 2. The molecule has 116 valence electrons. The molecule has 0 saturated carbocycles. The smallest absolute Gasteiger partial charge is 0.244 e. The number of nitrogens with one attached hydrogen (secondary N) is 1. The number of carbonyl (C=O) groups excluding carboxylic acids is 1. The first-order valence-corrected chi connectivity index (χ1v) is 7.76. The lowest BCUT2D eigenvalue weighted by molar-refractivity contribution is -0.117. The second kappa shape index (κ2) is 6.64. The fraction of sp³-hybridized carbons (Fsp3) is 0.263. The Bertz CT molecular complexity index is 742. The quantitative estimate of drug-likeness (QED) is 0.868. The van der Waals surface area contributed by atoms with Gasteiger partial charge in [-0.25, -0.2) is 15.4 Å². The molecule has 1 aromatic heterocycles. The van der Waals surface area contributed by atoms with E-state index >= 15 is 0 Å². The van der Waals surface area contributed by atoms with E-state index in [1.807, 2.05) is 42.5 Å². The first kappa shape index (κ1) is 15.3. The molecule has 1 aliphatic heterocycles. The lowest BCUT2D eigenvalue weighted by atomic mass is 10.0. The molecule has 1 N–H and O–H groups in total. The Hall–Kier alpha value is -2.64. The van der Waals surface area contributed by atoms with Crippen molar-refractivity contribution >= 4 is 11.7 Å². The highest BCUT2D eigenvalue weighted by atomic mass is 16.2. The van der Waals surface area contributed by atoms with Crippen molar-refractivity contribution in [2.75, 3.05) is 5.01 Å². The number of benzene rings is 1. The number of hydrogen-bond acceptors (Lipinski definition) is 3. The van der Waals surface area contributed by atoms with E-state index in [0.717, 1.165) is 11.1 Å². The van der Waals surface area contributed by atoms with Crippen molar-refractivity contribution in [2.45, 2.75) is 26.3 Å². The fourth-order valence-corrected chi connectivity index (χ4v) is 2.40. The SMILES string of the molecule is CC(C)[C@@H]1CC(=O)N(c2ccc(C#Cc3ccccc3)cn2)N1. The molecular weight excluding hydrogens is 286 g/mol. The zero-order valence-corrected chi connectivity index (χ0v) is 13.3. The second-order valence-corrected chi connectivity index (χ2v) is 5.93. The van der Waals surface area contributed by atoms with Crippen LogP contribution in [0.4, 0.5) is 5.82 Å². The monoisotopic (exact) mass is 305 g/mol. The lowest BCUT2D eigenvalue weighted by Crippen LogP contribution is -2.39. The predicted octanol–water partition coefficient (Wildman–Crippen LogP) is 2.75. The van der Waals surface area contributed by atoms with E-state index in [0.29, 0.717) is 18.2 Å². The average Bonchev–Trinajstić information content (AvgIpc) is 2.97. The summed E-state index contributed by atoms with van der Waals surface area (Å²) in [4.78, 5) is 16.4. The summed E-state index contributed by atoms with van der Waals surface area (Å²) in [6.45, 7) is 4.20. The predicted molar refractivity (Wildman–Crippen MR) is 90.5 cm³/mol. The van der Waals surface area contributed by atoms with Crippen LogP contribution in [0.2, 0.25) is 0 Å². The van der Waals surface area contributed by atoms with Crippen molar-refractivity contribution in [3.05, 3.63) is 59.8 Å². The number of pyridine rings is 1. The molecular formula is C19H19N3O. The molecule has 1 aromatic carbocycles. The van der Waals surface area contributed by atoms with Gasteiger partial charge in [-0.05, 0) is 30.2 Å². The maximum absolute atomic E-state index is 12.1. The Balaban J connectivity index is 1.73. The molecule has 0 bridgehead atoms. The Labute approximate surface area is 136 Å². The molecule has 0 radical (unpaired) electrons. The number of nitrogens with zero attached hydrogens (tertiary/aromatic N) is 2. The zero-order valence-electron chi connectivity index (χ0n) is 13.3. The standard InChI is InChI=1S/C19H19N3O/c1-14(2)17-12-19(23)22(21-17)18-11-10-16(13-20-18)9-8-15-6-4-3-5-7-15/h3-7,10-11,13-14,17,21H,12H2,1-2H3/t17-/m0/s1. The highest BCUT2D eigenvalue weighted by Gasteiger charge is 2.32. The van der Waals surface area contributed by atoms with Crippen LogP contribution in [-0.2, 0) is 4.79 Å². The van der Waals surface area contributed by atoms with Gasteiger partial charge in [0.1, 0.15) is 5.82 Å². The normalized spacial score (nSPS) is 17.3. The van der Waals surface area contributed by atoms with Crippen LogP contribution in [0.25, 0.3) is 0 Å². The summed E-state index contributed by atoms with van der Waals surface area (Å²) in [7, 11) is 0. The molecule has 3 rings (SSSR count). The van der Waals surface area contributed by atoms with Crippen LogP contribution in [0.5, 0.6) is 0 Å². The summed E-state index contributed by atoms with van der Waals surface area (Å²) in [5.41, 5.74) is 5.01. The molecule has 1 atom stereocenters. The van der Waals surface area contributed by atoms with E-state index in [9.17, 15) is 4.79 Å². The molecule has 0 unspecified atom stereocenters. The van der Waals surface area contributed by atoms with Gasteiger partial charge in [0.05, 0.1) is 0 Å². The van der Waals surface area contributed by atoms with E-state index in [1.54, 1.807) is 11.2 Å². The van der Waals surface area contributed by atoms with E-state index in [2.05, 4.69) is 36.1 Å². The topological polar surface area (TPSA) is 45.2 Å². The largest absolute Gasteiger partial charge is 0.273 e. The molecule has 1 fully saturated rings. The van der Waals surface area contributed by atoms with Crippen LogP contribution in [0, 0.1) is 17.8 Å². The van der Waals surface area contributed by atoms with Gasteiger partial charge in [0, 0.05) is 29.8 Å². The third-order valence-electron chi connectivity index (χ3n) is 3.85. The van der Waals surface area contributed by atoms with Crippen molar-refractivity contribution in [2.24, 2.45) is 5.92 Å². The summed E-state index contributed by atoms with van der Waals surface area (Å²) in [6.07, 6.45) is 2.21. The van der Waals surface area contributed by atoms with Crippen LogP contribution < -0.4 is 10.4 Å². The molecule has 23 heavy (non-hydrogen) atoms. The molecule has 4 nitrogen and oxygen atoms in total. The Morgan fingerprint density at radius 3 is 2.48 bits per heavy atom. The van der Waals surface area contributed by atoms with Gasteiger partial charge in [0.25, 0.3) is 0 Å². The Morgan fingerprint density at radius 2 is 1.87 bits per heavy atom. The second-order valence-electron chi connectivity index (χ2n) is 5.93. The summed E-state index contributed by atoms with van der Waals surface area (Å²) in [5, 5.41) is 1.54. The van der Waals surface area contributed by atoms with Gasteiger partial charge in [-0.3, -0.25) is 4.79 Å². The van der Waals surface area contributed by atoms with E-state index in [4.69, 9.17) is 0 Å². The minimum atomic E-state index is 0.0549. The number of hydrazine groups is 1. The summed E-state index contributed by atoms with van der Waals surface area (Å²) in [6, 6.07) is 13.7. The van der Waals surface area contributed by atoms with Crippen molar-refractivity contribution < 1.29 is 4.79 Å². The highest BCUT2D eigenvalue weighted by molar-refractivity contribution is 5.94. The van der Waals surface area contributed by atoms with Gasteiger partial charge < -0.3 is 0 Å². The summed E-state index contributed by atoms with van der Waals surface area (Å²) in [5.74, 6) is 7.25. The van der Waals surface area contributed by atoms with Crippen LogP contribution in [-0.4, -0.2) is 16.9 Å². The van der Waals surface area contributed by atoms with Crippen molar-refractivity contribution in [3.63, 3.8) is 0 Å². The maximum atomic E-state index is 12.1. The number of amides is 1. The average molecular weight is 305 g/mol. The van der Waals surface area contributed by atoms with Crippen LogP contribution in [0.15, 0.2) is 48.7 Å². The summed E-state index contributed by atoms with van der Waals surface area (Å²) >= 11 is 0. The molecule has 4 heteroatoms. The molecule has 1 saturated heterocycles. The molecule has 0 spiro atoms. The van der Waals surface area contributed by atoms with E-state index in [-0.39, 0.29) is 11.9 Å². The van der Waals surface area contributed by atoms with Gasteiger partial charge in [0.2, 0.25) is 5.91 Å². The Kier molecular flexibility index (Phi) is 4.40. The van der Waals surface area contributed by atoms with Gasteiger partial charge in [-0.2, -0.15) is 0 Å². The molecule has 1 amide bonds. The minimum Gasteiger partial charge on any atom is -0.273 e. The Morgan fingerprint density at radius 1 is 1.13 bits per heavy atom. The minimum absolute atomic E-state index is 0.0549. The number of anilines is 1. The first-order valence-electron chi connectivity index (χ1n) is 7.76.